The summed E-state index contributed by atoms with van der Waals surface area (Å²) in [5.74, 6) is 0. The molecule has 2 aromatic heterocycles. The van der Waals surface area contributed by atoms with Gasteiger partial charge in [-0.3, -0.25) is 9.19 Å². The SMILES string of the molecule is Cc1nc(C)c2cnc(S(C)=O)nc2c1C. The molecule has 0 saturated heterocycles. The third-order valence-electron chi connectivity index (χ3n) is 2.65. The first-order valence-corrected chi connectivity index (χ1v) is 6.50. The molecule has 0 spiro atoms. The molecule has 0 N–H and O–H groups in total. The monoisotopic (exact) mass is 235 g/mol. The van der Waals surface area contributed by atoms with E-state index < -0.39 is 10.8 Å². The van der Waals surface area contributed by atoms with Crippen molar-refractivity contribution in [3.05, 3.63) is 23.1 Å². The van der Waals surface area contributed by atoms with E-state index in [0.717, 1.165) is 27.9 Å². The Morgan fingerprint density at radius 3 is 2.44 bits per heavy atom. The Morgan fingerprint density at radius 1 is 1.12 bits per heavy atom. The van der Waals surface area contributed by atoms with E-state index in [4.69, 9.17) is 0 Å². The fourth-order valence-electron chi connectivity index (χ4n) is 1.62. The van der Waals surface area contributed by atoms with Gasteiger partial charge in [-0.05, 0) is 26.3 Å². The molecule has 1 unspecified atom stereocenters. The zero-order chi connectivity index (χ0) is 11.9. The van der Waals surface area contributed by atoms with Gasteiger partial charge < -0.3 is 0 Å². The Morgan fingerprint density at radius 2 is 1.81 bits per heavy atom. The fourth-order valence-corrected chi connectivity index (χ4v) is 2.04. The third kappa shape index (κ3) is 1.71. The molecule has 0 saturated carbocycles. The minimum absolute atomic E-state index is 0.376. The van der Waals surface area contributed by atoms with Gasteiger partial charge in [0.1, 0.15) is 0 Å². The number of pyridine rings is 1. The predicted octanol–water partition coefficient (Wildman–Crippen LogP) is 1.69. The molecule has 0 radical (unpaired) electrons. The second-order valence-corrected chi connectivity index (χ2v) is 5.05. The molecule has 2 heterocycles. The zero-order valence-electron chi connectivity index (χ0n) is 9.74. The lowest BCUT2D eigenvalue weighted by Crippen LogP contribution is -2.01. The summed E-state index contributed by atoms with van der Waals surface area (Å²) in [5, 5.41) is 1.30. The summed E-state index contributed by atoms with van der Waals surface area (Å²) in [5.41, 5.74) is 3.74. The van der Waals surface area contributed by atoms with E-state index >= 15 is 0 Å². The van der Waals surface area contributed by atoms with Gasteiger partial charge in [-0.25, -0.2) is 9.97 Å². The van der Waals surface area contributed by atoms with Crippen LogP contribution in [0.25, 0.3) is 10.9 Å². The molecule has 4 nitrogen and oxygen atoms in total. The molecular weight excluding hydrogens is 222 g/mol. The summed E-state index contributed by atoms with van der Waals surface area (Å²) >= 11 is 0. The van der Waals surface area contributed by atoms with Crippen LogP contribution in [0.15, 0.2) is 11.4 Å². The zero-order valence-corrected chi connectivity index (χ0v) is 10.6. The maximum atomic E-state index is 11.3. The van der Waals surface area contributed by atoms with Gasteiger partial charge >= 0.3 is 0 Å². The molecule has 5 heteroatoms. The molecule has 0 aliphatic rings. The Labute approximate surface area is 96.6 Å². The van der Waals surface area contributed by atoms with Crippen LogP contribution in [0.2, 0.25) is 0 Å². The molecule has 0 fully saturated rings. The summed E-state index contributed by atoms with van der Waals surface area (Å²) in [7, 11) is -1.15. The smallest absolute Gasteiger partial charge is 0.218 e. The van der Waals surface area contributed by atoms with Gasteiger partial charge in [-0.2, -0.15) is 0 Å². The van der Waals surface area contributed by atoms with Crippen molar-refractivity contribution in [1.82, 2.24) is 15.0 Å². The average molecular weight is 235 g/mol. The molecule has 1 atom stereocenters. The quantitative estimate of drug-likeness (QED) is 0.706. The van der Waals surface area contributed by atoms with E-state index in [2.05, 4.69) is 15.0 Å². The summed E-state index contributed by atoms with van der Waals surface area (Å²) in [4.78, 5) is 12.9. The minimum atomic E-state index is -1.15. The first-order valence-electron chi connectivity index (χ1n) is 4.94. The van der Waals surface area contributed by atoms with Gasteiger partial charge in [0.05, 0.1) is 16.3 Å². The number of nitrogens with zero attached hydrogens (tertiary/aromatic N) is 3. The lowest BCUT2D eigenvalue weighted by atomic mass is 10.1. The summed E-state index contributed by atoms with van der Waals surface area (Å²) < 4.78 is 11.3. The van der Waals surface area contributed by atoms with Crippen molar-refractivity contribution in [3.8, 4) is 0 Å². The Hall–Kier alpha value is -1.36. The highest BCUT2D eigenvalue weighted by Crippen LogP contribution is 2.20. The molecule has 84 valence electrons. The highest BCUT2D eigenvalue weighted by molar-refractivity contribution is 7.84. The van der Waals surface area contributed by atoms with Crippen LogP contribution in [0.3, 0.4) is 0 Å². The largest absolute Gasteiger partial charge is 0.257 e. The van der Waals surface area contributed by atoms with Gasteiger partial charge in [0.2, 0.25) is 5.16 Å². The number of hydrogen-bond donors (Lipinski definition) is 0. The van der Waals surface area contributed by atoms with Gasteiger partial charge in [0.25, 0.3) is 0 Å². The standard InChI is InChI=1S/C11H13N3OS/c1-6-7(2)13-8(3)9-5-12-11(16(4)15)14-10(6)9/h5H,1-4H3. The third-order valence-corrected chi connectivity index (χ3v) is 3.36. The number of rotatable bonds is 1. The van der Waals surface area contributed by atoms with Gasteiger partial charge in [0.15, 0.2) is 0 Å². The van der Waals surface area contributed by atoms with Crippen LogP contribution in [-0.4, -0.2) is 25.4 Å². The molecular formula is C11H13N3OS. The van der Waals surface area contributed by atoms with Crippen molar-refractivity contribution in [2.75, 3.05) is 6.26 Å². The second-order valence-electron chi connectivity index (χ2n) is 3.78. The van der Waals surface area contributed by atoms with Crippen LogP contribution in [-0.2, 0) is 10.8 Å². The number of fused-ring (bicyclic) bond motifs is 1. The van der Waals surface area contributed by atoms with Crippen molar-refractivity contribution in [1.29, 1.82) is 0 Å². The van der Waals surface area contributed by atoms with E-state index in [1.165, 1.54) is 0 Å². The van der Waals surface area contributed by atoms with E-state index in [-0.39, 0.29) is 0 Å². The Bertz CT molecular complexity index is 595. The Kier molecular flexibility index (Phi) is 2.71. The van der Waals surface area contributed by atoms with Crippen molar-refractivity contribution in [2.45, 2.75) is 25.9 Å². The maximum Gasteiger partial charge on any atom is 0.218 e. The van der Waals surface area contributed by atoms with Gasteiger partial charge in [-0.15, -0.1) is 0 Å². The lowest BCUT2D eigenvalue weighted by molar-refractivity contribution is 0.680. The Balaban J connectivity index is 2.86. The highest BCUT2D eigenvalue weighted by atomic mass is 32.2. The minimum Gasteiger partial charge on any atom is -0.257 e. The summed E-state index contributed by atoms with van der Waals surface area (Å²) in [6, 6.07) is 0. The molecule has 0 amide bonds. The lowest BCUT2D eigenvalue weighted by Gasteiger charge is -2.07. The second kappa shape index (κ2) is 3.90. The molecule has 16 heavy (non-hydrogen) atoms. The van der Waals surface area contributed by atoms with Crippen molar-refractivity contribution >= 4 is 21.7 Å². The van der Waals surface area contributed by atoms with Crippen LogP contribution in [0, 0.1) is 20.8 Å². The van der Waals surface area contributed by atoms with Gasteiger partial charge in [0, 0.05) is 29.2 Å². The van der Waals surface area contributed by atoms with Crippen LogP contribution >= 0.6 is 0 Å². The van der Waals surface area contributed by atoms with Crippen molar-refractivity contribution in [2.24, 2.45) is 0 Å². The number of aryl methyl sites for hydroxylation is 3. The topological polar surface area (TPSA) is 55.7 Å². The van der Waals surface area contributed by atoms with Crippen molar-refractivity contribution in [3.63, 3.8) is 0 Å². The molecule has 0 aliphatic heterocycles. The summed E-state index contributed by atoms with van der Waals surface area (Å²) in [6.45, 7) is 5.85. The maximum absolute atomic E-state index is 11.3. The van der Waals surface area contributed by atoms with Crippen LogP contribution in [0.5, 0.6) is 0 Å². The van der Waals surface area contributed by atoms with Crippen LogP contribution < -0.4 is 0 Å². The number of aromatic nitrogens is 3. The van der Waals surface area contributed by atoms with Crippen LogP contribution in [0.4, 0.5) is 0 Å². The van der Waals surface area contributed by atoms with Gasteiger partial charge in [-0.1, -0.05) is 0 Å². The first kappa shape index (κ1) is 11.1. The first-order chi connectivity index (χ1) is 7.50. The summed E-state index contributed by atoms with van der Waals surface area (Å²) in [6.07, 6.45) is 3.28. The average Bonchev–Trinajstić information content (AvgIpc) is 2.25. The van der Waals surface area contributed by atoms with E-state index in [9.17, 15) is 4.21 Å². The normalized spacial score (nSPS) is 13.0. The highest BCUT2D eigenvalue weighted by Gasteiger charge is 2.10. The molecule has 0 bridgehead atoms. The van der Waals surface area contributed by atoms with E-state index in [1.54, 1.807) is 12.5 Å². The van der Waals surface area contributed by atoms with Crippen molar-refractivity contribution < 1.29 is 4.21 Å². The fraction of sp³-hybridized carbons (Fsp3) is 0.364. The van der Waals surface area contributed by atoms with E-state index in [0.29, 0.717) is 5.16 Å². The number of hydrogen-bond acceptors (Lipinski definition) is 4. The molecule has 2 aromatic rings. The van der Waals surface area contributed by atoms with Crippen LogP contribution in [0.1, 0.15) is 17.0 Å². The molecule has 0 aromatic carbocycles. The van der Waals surface area contributed by atoms with E-state index in [1.807, 2.05) is 20.8 Å². The molecule has 0 aliphatic carbocycles. The predicted molar refractivity (Wildman–Crippen MR) is 63.9 cm³/mol. The molecule has 2 rings (SSSR count).